The van der Waals surface area contributed by atoms with Crippen LogP contribution in [0.2, 0.25) is 5.02 Å². The molecule has 1 fully saturated rings. The van der Waals surface area contributed by atoms with Gasteiger partial charge in [0.15, 0.2) is 0 Å². The van der Waals surface area contributed by atoms with Gasteiger partial charge < -0.3 is 5.73 Å². The van der Waals surface area contributed by atoms with Crippen molar-refractivity contribution in [2.24, 2.45) is 11.7 Å². The molecule has 0 unspecified atom stereocenters. The van der Waals surface area contributed by atoms with Gasteiger partial charge in [0.05, 0.1) is 5.02 Å². The average Bonchev–Trinajstić information content (AvgIpc) is 2.72. The van der Waals surface area contributed by atoms with Crippen molar-refractivity contribution < 1.29 is 0 Å². The van der Waals surface area contributed by atoms with E-state index in [1.165, 1.54) is 30.6 Å². The van der Waals surface area contributed by atoms with E-state index >= 15 is 0 Å². The SMILES string of the molecule is N[C@H](c1sccc1Cl)C1CCCC1. The highest BCUT2D eigenvalue weighted by atomic mass is 35.5. The van der Waals surface area contributed by atoms with Crippen LogP contribution in [0.3, 0.4) is 0 Å². The highest BCUT2D eigenvalue weighted by Gasteiger charge is 2.25. The van der Waals surface area contributed by atoms with Gasteiger partial charge in [0, 0.05) is 10.9 Å². The maximum atomic E-state index is 6.17. The van der Waals surface area contributed by atoms with Gasteiger partial charge in [-0.25, -0.2) is 0 Å². The standard InChI is InChI=1S/C10H14ClNS/c11-8-5-6-13-10(8)9(12)7-3-1-2-4-7/h5-7,9H,1-4,12H2/t9-/m0/s1. The maximum Gasteiger partial charge on any atom is 0.0561 e. The molecule has 0 radical (unpaired) electrons. The predicted octanol–water partition coefficient (Wildman–Crippen LogP) is 3.59. The highest BCUT2D eigenvalue weighted by Crippen LogP contribution is 2.38. The summed E-state index contributed by atoms with van der Waals surface area (Å²) in [4.78, 5) is 1.17. The van der Waals surface area contributed by atoms with Gasteiger partial charge in [-0.1, -0.05) is 24.4 Å². The normalized spacial score (nSPS) is 20.8. The first-order valence-corrected chi connectivity index (χ1v) is 6.03. The van der Waals surface area contributed by atoms with Crippen molar-refractivity contribution in [1.29, 1.82) is 0 Å². The zero-order valence-corrected chi connectivity index (χ0v) is 9.07. The largest absolute Gasteiger partial charge is 0.323 e. The molecule has 0 spiro atoms. The van der Waals surface area contributed by atoms with Crippen molar-refractivity contribution in [2.45, 2.75) is 31.7 Å². The molecule has 72 valence electrons. The van der Waals surface area contributed by atoms with E-state index in [2.05, 4.69) is 0 Å². The van der Waals surface area contributed by atoms with Gasteiger partial charge in [0.25, 0.3) is 0 Å². The summed E-state index contributed by atoms with van der Waals surface area (Å²) in [6.45, 7) is 0. The van der Waals surface area contributed by atoms with Crippen LogP contribution in [0.4, 0.5) is 0 Å². The van der Waals surface area contributed by atoms with E-state index < -0.39 is 0 Å². The van der Waals surface area contributed by atoms with E-state index in [4.69, 9.17) is 17.3 Å². The van der Waals surface area contributed by atoms with Gasteiger partial charge in [-0.15, -0.1) is 11.3 Å². The molecule has 1 aromatic rings. The summed E-state index contributed by atoms with van der Waals surface area (Å²) < 4.78 is 0. The predicted molar refractivity (Wildman–Crippen MR) is 58.2 cm³/mol. The van der Waals surface area contributed by atoms with Crippen LogP contribution in [0, 0.1) is 5.92 Å². The number of thiophene rings is 1. The molecule has 1 nitrogen and oxygen atoms in total. The third kappa shape index (κ3) is 1.90. The molecule has 1 heterocycles. The van der Waals surface area contributed by atoms with Crippen LogP contribution in [0.5, 0.6) is 0 Å². The lowest BCUT2D eigenvalue weighted by Gasteiger charge is -2.17. The Morgan fingerprint density at radius 3 is 2.69 bits per heavy atom. The molecule has 0 amide bonds. The molecule has 0 aromatic carbocycles. The fraction of sp³-hybridized carbons (Fsp3) is 0.600. The van der Waals surface area contributed by atoms with Crippen LogP contribution in [-0.2, 0) is 0 Å². The zero-order chi connectivity index (χ0) is 9.26. The molecule has 2 rings (SSSR count). The summed E-state index contributed by atoms with van der Waals surface area (Å²) in [6.07, 6.45) is 5.22. The first-order valence-electron chi connectivity index (χ1n) is 4.77. The second kappa shape index (κ2) is 3.99. The molecule has 1 atom stereocenters. The first-order chi connectivity index (χ1) is 6.29. The van der Waals surface area contributed by atoms with E-state index in [0.29, 0.717) is 5.92 Å². The molecule has 1 saturated carbocycles. The van der Waals surface area contributed by atoms with Crippen molar-refractivity contribution in [3.8, 4) is 0 Å². The summed E-state index contributed by atoms with van der Waals surface area (Å²) in [5, 5.41) is 2.87. The minimum absolute atomic E-state index is 0.176. The van der Waals surface area contributed by atoms with Crippen molar-refractivity contribution in [1.82, 2.24) is 0 Å². The molecule has 3 heteroatoms. The summed E-state index contributed by atoms with van der Waals surface area (Å²) in [5.41, 5.74) is 6.17. The number of nitrogens with two attached hydrogens (primary N) is 1. The maximum absolute atomic E-state index is 6.17. The van der Waals surface area contributed by atoms with Crippen molar-refractivity contribution in [3.05, 3.63) is 21.3 Å². The Labute approximate surface area is 87.9 Å². The Morgan fingerprint density at radius 1 is 1.46 bits per heavy atom. The third-order valence-electron chi connectivity index (χ3n) is 2.86. The lowest BCUT2D eigenvalue weighted by molar-refractivity contribution is 0.450. The van der Waals surface area contributed by atoms with E-state index in [-0.39, 0.29) is 6.04 Å². The van der Waals surface area contributed by atoms with Crippen LogP contribution in [0.1, 0.15) is 36.6 Å². The fourth-order valence-corrected chi connectivity index (χ4v) is 3.35. The number of rotatable bonds is 2. The van der Waals surface area contributed by atoms with Gasteiger partial charge >= 0.3 is 0 Å². The van der Waals surface area contributed by atoms with Crippen LogP contribution < -0.4 is 5.73 Å². The molecule has 0 aliphatic heterocycles. The van der Waals surface area contributed by atoms with Gasteiger partial charge in [-0.05, 0) is 30.2 Å². The topological polar surface area (TPSA) is 26.0 Å². The molecule has 1 aromatic heterocycles. The lowest BCUT2D eigenvalue weighted by atomic mass is 9.98. The highest BCUT2D eigenvalue weighted by molar-refractivity contribution is 7.10. The van der Waals surface area contributed by atoms with E-state index in [1.807, 2.05) is 11.4 Å². The van der Waals surface area contributed by atoms with Crippen molar-refractivity contribution in [3.63, 3.8) is 0 Å². The Hall–Kier alpha value is -0.0500. The Balaban J connectivity index is 2.12. The summed E-state index contributed by atoms with van der Waals surface area (Å²) in [6, 6.07) is 2.12. The molecule has 0 bridgehead atoms. The number of hydrogen-bond donors (Lipinski definition) is 1. The average molecular weight is 216 g/mol. The minimum Gasteiger partial charge on any atom is -0.323 e. The van der Waals surface area contributed by atoms with Crippen LogP contribution in [0.25, 0.3) is 0 Å². The molecular formula is C10H14ClNS. The number of halogens is 1. The monoisotopic (exact) mass is 215 g/mol. The first kappa shape index (κ1) is 9.50. The molecule has 0 saturated heterocycles. The Bertz CT molecular complexity index is 278. The third-order valence-corrected chi connectivity index (χ3v) is 4.32. The summed E-state index contributed by atoms with van der Waals surface area (Å²) in [7, 11) is 0. The molecule has 1 aliphatic carbocycles. The van der Waals surface area contributed by atoms with Crippen LogP contribution in [-0.4, -0.2) is 0 Å². The van der Waals surface area contributed by atoms with Crippen molar-refractivity contribution >= 4 is 22.9 Å². The van der Waals surface area contributed by atoms with E-state index in [9.17, 15) is 0 Å². The van der Waals surface area contributed by atoms with Crippen LogP contribution >= 0.6 is 22.9 Å². The van der Waals surface area contributed by atoms with Gasteiger partial charge in [0.1, 0.15) is 0 Å². The van der Waals surface area contributed by atoms with Crippen molar-refractivity contribution in [2.75, 3.05) is 0 Å². The molecule has 1 aliphatic rings. The zero-order valence-electron chi connectivity index (χ0n) is 7.50. The Morgan fingerprint density at radius 2 is 2.15 bits per heavy atom. The Kier molecular flexibility index (Phi) is 2.92. The molecular weight excluding hydrogens is 202 g/mol. The lowest BCUT2D eigenvalue weighted by Crippen LogP contribution is -2.18. The summed E-state index contributed by atoms with van der Waals surface area (Å²) >= 11 is 7.73. The van der Waals surface area contributed by atoms with Gasteiger partial charge in [0.2, 0.25) is 0 Å². The molecule has 2 N–H and O–H groups in total. The minimum atomic E-state index is 0.176. The number of hydrogen-bond acceptors (Lipinski definition) is 2. The van der Waals surface area contributed by atoms with E-state index in [0.717, 1.165) is 5.02 Å². The quantitative estimate of drug-likeness (QED) is 0.802. The summed E-state index contributed by atoms with van der Waals surface area (Å²) in [5.74, 6) is 0.663. The fourth-order valence-electron chi connectivity index (χ4n) is 2.07. The smallest absolute Gasteiger partial charge is 0.0561 e. The van der Waals surface area contributed by atoms with Gasteiger partial charge in [-0.3, -0.25) is 0 Å². The van der Waals surface area contributed by atoms with Gasteiger partial charge in [-0.2, -0.15) is 0 Å². The van der Waals surface area contributed by atoms with E-state index in [1.54, 1.807) is 11.3 Å². The van der Waals surface area contributed by atoms with Crippen LogP contribution in [0.15, 0.2) is 11.4 Å². The molecule has 13 heavy (non-hydrogen) atoms. The second-order valence-corrected chi connectivity index (χ2v) is 5.06. The second-order valence-electron chi connectivity index (χ2n) is 3.70.